The molecule has 0 bridgehead atoms. The quantitative estimate of drug-likeness (QED) is 0.849. The van der Waals surface area contributed by atoms with Crippen molar-refractivity contribution in [2.24, 2.45) is 0 Å². The van der Waals surface area contributed by atoms with Gasteiger partial charge in [0, 0.05) is 11.5 Å². The fourth-order valence-corrected chi connectivity index (χ4v) is 1.52. The van der Waals surface area contributed by atoms with Crippen LogP contribution in [0, 0.1) is 0 Å². The van der Waals surface area contributed by atoms with E-state index in [1.807, 2.05) is 20.8 Å². The first kappa shape index (κ1) is 13.0. The largest absolute Gasteiger partial charge is 0.444 e. The molecule has 0 unspecified atom stereocenters. The Morgan fingerprint density at radius 3 is 2.81 bits per heavy atom. The van der Waals surface area contributed by atoms with Crippen molar-refractivity contribution in [2.75, 3.05) is 5.32 Å². The molecule has 0 saturated carbocycles. The first-order valence-electron chi connectivity index (χ1n) is 4.92. The summed E-state index contributed by atoms with van der Waals surface area (Å²) in [5, 5.41) is 3.25. The number of carbonyl (C=O) groups is 1. The molecule has 0 radical (unpaired) electrons. The number of nitrogens with zero attached hydrogens (tertiary/aromatic N) is 1. The van der Waals surface area contributed by atoms with Crippen molar-refractivity contribution in [1.82, 2.24) is 4.98 Å². The number of aromatic nitrogens is 1. The van der Waals surface area contributed by atoms with Crippen molar-refractivity contribution in [3.8, 4) is 0 Å². The van der Waals surface area contributed by atoms with Gasteiger partial charge in [0.2, 0.25) is 0 Å². The average Bonchev–Trinajstić information content (AvgIpc) is 2.15. The summed E-state index contributed by atoms with van der Waals surface area (Å²) in [6.07, 6.45) is 1.21. The molecule has 0 atom stereocenters. The van der Waals surface area contributed by atoms with E-state index in [4.69, 9.17) is 4.74 Å². The lowest BCUT2D eigenvalue weighted by Gasteiger charge is -2.20. The Balaban J connectivity index is 2.70. The van der Waals surface area contributed by atoms with E-state index < -0.39 is 11.7 Å². The van der Waals surface area contributed by atoms with E-state index in [2.05, 4.69) is 26.2 Å². The monoisotopic (exact) mass is 286 g/mol. The van der Waals surface area contributed by atoms with Crippen LogP contribution >= 0.6 is 15.9 Å². The van der Waals surface area contributed by atoms with Crippen LogP contribution in [0.15, 0.2) is 18.3 Å². The van der Waals surface area contributed by atoms with Crippen LogP contribution in [0.1, 0.15) is 26.5 Å². The minimum atomic E-state index is -0.499. The highest BCUT2D eigenvalue weighted by atomic mass is 79.9. The maximum Gasteiger partial charge on any atom is 0.412 e. The standard InChI is InChI=1S/C11H15BrN2O2/c1-11(2,3)16-10(15)14-8-5-4-6-13-9(8)7-12/h4-6H,7H2,1-3H3,(H,14,15). The fourth-order valence-electron chi connectivity index (χ4n) is 1.07. The van der Waals surface area contributed by atoms with E-state index in [1.165, 1.54) is 0 Å². The van der Waals surface area contributed by atoms with Crippen LogP contribution in [0.4, 0.5) is 10.5 Å². The first-order chi connectivity index (χ1) is 7.42. The van der Waals surface area contributed by atoms with Crippen molar-refractivity contribution >= 4 is 27.7 Å². The molecule has 5 heteroatoms. The normalized spacial score (nSPS) is 11.0. The zero-order valence-electron chi connectivity index (χ0n) is 9.58. The third-order valence-electron chi connectivity index (χ3n) is 1.65. The molecule has 0 spiro atoms. The summed E-state index contributed by atoms with van der Waals surface area (Å²) in [5.41, 5.74) is 0.933. The van der Waals surface area contributed by atoms with Gasteiger partial charge in [-0.2, -0.15) is 0 Å². The third-order valence-corrected chi connectivity index (χ3v) is 2.18. The second kappa shape index (κ2) is 5.30. The van der Waals surface area contributed by atoms with Crippen molar-refractivity contribution in [3.05, 3.63) is 24.0 Å². The number of halogens is 1. The van der Waals surface area contributed by atoms with Gasteiger partial charge in [-0.05, 0) is 32.9 Å². The summed E-state index contributed by atoms with van der Waals surface area (Å²) in [5.74, 6) is 0. The molecule has 0 aliphatic rings. The highest BCUT2D eigenvalue weighted by molar-refractivity contribution is 9.08. The van der Waals surface area contributed by atoms with Crippen LogP contribution in [0.5, 0.6) is 0 Å². The molecule has 16 heavy (non-hydrogen) atoms. The van der Waals surface area contributed by atoms with E-state index in [-0.39, 0.29) is 0 Å². The predicted octanol–water partition coefficient (Wildman–Crippen LogP) is 3.32. The summed E-state index contributed by atoms with van der Waals surface area (Å²) >= 11 is 3.31. The third kappa shape index (κ3) is 4.18. The fraction of sp³-hybridized carbons (Fsp3) is 0.455. The molecule has 0 aliphatic heterocycles. The van der Waals surface area contributed by atoms with E-state index in [0.29, 0.717) is 11.0 Å². The highest BCUT2D eigenvalue weighted by Gasteiger charge is 2.17. The van der Waals surface area contributed by atoms with Gasteiger partial charge >= 0.3 is 6.09 Å². The van der Waals surface area contributed by atoms with E-state index >= 15 is 0 Å². The van der Waals surface area contributed by atoms with E-state index in [1.54, 1.807) is 18.3 Å². The van der Waals surface area contributed by atoms with Crippen molar-refractivity contribution in [1.29, 1.82) is 0 Å². The maximum absolute atomic E-state index is 11.5. The second-order valence-electron chi connectivity index (χ2n) is 4.26. The number of anilines is 1. The Bertz CT molecular complexity index is 374. The first-order valence-corrected chi connectivity index (χ1v) is 6.04. The molecule has 88 valence electrons. The Morgan fingerprint density at radius 2 is 2.25 bits per heavy atom. The minimum absolute atomic E-state index is 0.470. The number of alkyl halides is 1. The molecule has 1 N–H and O–H groups in total. The van der Waals surface area contributed by atoms with Gasteiger partial charge in [-0.25, -0.2) is 4.79 Å². The predicted molar refractivity (Wildman–Crippen MR) is 66.7 cm³/mol. The van der Waals surface area contributed by atoms with Crippen LogP contribution in [-0.4, -0.2) is 16.7 Å². The van der Waals surface area contributed by atoms with Crippen LogP contribution in [0.25, 0.3) is 0 Å². The van der Waals surface area contributed by atoms with Gasteiger partial charge in [0.15, 0.2) is 0 Å². The van der Waals surface area contributed by atoms with Crippen LogP contribution in [-0.2, 0) is 10.1 Å². The summed E-state index contributed by atoms with van der Waals surface area (Å²) in [4.78, 5) is 15.6. The summed E-state index contributed by atoms with van der Waals surface area (Å²) < 4.78 is 5.15. The molecule has 0 aliphatic carbocycles. The number of ether oxygens (including phenoxy) is 1. The second-order valence-corrected chi connectivity index (χ2v) is 4.82. The molecular formula is C11H15BrN2O2. The zero-order valence-corrected chi connectivity index (χ0v) is 11.2. The molecular weight excluding hydrogens is 272 g/mol. The average molecular weight is 287 g/mol. The molecule has 1 heterocycles. The summed E-state index contributed by atoms with van der Waals surface area (Å²) in [7, 11) is 0. The van der Waals surface area contributed by atoms with Gasteiger partial charge in [0.05, 0.1) is 11.4 Å². The Hall–Kier alpha value is -1.10. The smallest absolute Gasteiger partial charge is 0.412 e. The Kier molecular flexibility index (Phi) is 4.29. The number of hydrogen-bond acceptors (Lipinski definition) is 3. The number of carbonyl (C=O) groups excluding carboxylic acids is 1. The lowest BCUT2D eigenvalue weighted by Crippen LogP contribution is -2.27. The molecule has 4 nitrogen and oxygen atoms in total. The molecule has 0 aromatic carbocycles. The Morgan fingerprint density at radius 1 is 1.56 bits per heavy atom. The van der Waals surface area contributed by atoms with E-state index in [0.717, 1.165) is 5.69 Å². The van der Waals surface area contributed by atoms with Gasteiger partial charge in [0.25, 0.3) is 0 Å². The van der Waals surface area contributed by atoms with Gasteiger partial charge in [-0.3, -0.25) is 10.3 Å². The molecule has 1 aromatic heterocycles. The van der Waals surface area contributed by atoms with Crippen molar-refractivity contribution in [2.45, 2.75) is 31.7 Å². The zero-order chi connectivity index (χ0) is 12.2. The SMILES string of the molecule is CC(C)(C)OC(=O)Nc1cccnc1CBr. The number of amides is 1. The van der Waals surface area contributed by atoms with Crippen LogP contribution < -0.4 is 5.32 Å². The molecule has 0 fully saturated rings. The summed E-state index contributed by atoms with van der Waals surface area (Å²) in [6.45, 7) is 5.46. The molecule has 0 saturated heterocycles. The molecule has 1 aromatic rings. The summed E-state index contributed by atoms with van der Waals surface area (Å²) in [6, 6.07) is 3.55. The van der Waals surface area contributed by atoms with Crippen LogP contribution in [0.2, 0.25) is 0 Å². The van der Waals surface area contributed by atoms with E-state index in [9.17, 15) is 4.79 Å². The lowest BCUT2D eigenvalue weighted by atomic mass is 10.2. The number of pyridine rings is 1. The topological polar surface area (TPSA) is 51.2 Å². The van der Waals surface area contributed by atoms with Gasteiger partial charge in [-0.15, -0.1) is 0 Å². The maximum atomic E-state index is 11.5. The number of rotatable bonds is 2. The van der Waals surface area contributed by atoms with Gasteiger partial charge < -0.3 is 4.74 Å². The van der Waals surface area contributed by atoms with Crippen molar-refractivity contribution < 1.29 is 9.53 Å². The minimum Gasteiger partial charge on any atom is -0.444 e. The van der Waals surface area contributed by atoms with Crippen molar-refractivity contribution in [3.63, 3.8) is 0 Å². The Labute approximate surface area is 104 Å². The number of nitrogens with one attached hydrogen (secondary N) is 1. The molecule has 1 rings (SSSR count). The number of hydrogen-bond donors (Lipinski definition) is 1. The van der Waals surface area contributed by atoms with Gasteiger partial charge in [0.1, 0.15) is 5.60 Å². The van der Waals surface area contributed by atoms with Gasteiger partial charge in [-0.1, -0.05) is 15.9 Å². The van der Waals surface area contributed by atoms with Crippen LogP contribution in [0.3, 0.4) is 0 Å². The molecule has 1 amide bonds. The highest BCUT2D eigenvalue weighted by Crippen LogP contribution is 2.16. The lowest BCUT2D eigenvalue weighted by molar-refractivity contribution is 0.0635.